The Kier molecular flexibility index (Phi) is 8.26. The zero-order chi connectivity index (χ0) is 29.8. The molecule has 1 aromatic heterocycles. The molecule has 42 heavy (non-hydrogen) atoms. The number of rotatable bonds is 10. The Morgan fingerprint density at radius 2 is 1.50 bits per heavy atom. The lowest BCUT2D eigenvalue weighted by Gasteiger charge is -2.22. The fraction of sp³-hybridized carbons (Fsp3) is 0.156. The Morgan fingerprint density at radius 3 is 2.12 bits per heavy atom. The first kappa shape index (κ1) is 28.4. The molecule has 0 atom stereocenters. The number of carbonyl (C=O) groups is 3. The number of ether oxygens (including phenoxy) is 1. The average Bonchev–Trinajstić information content (AvgIpc) is 3.13. The van der Waals surface area contributed by atoms with Crippen LogP contribution in [0.15, 0.2) is 77.7 Å². The van der Waals surface area contributed by atoms with Crippen LogP contribution in [-0.2, 0) is 16.1 Å². The van der Waals surface area contributed by atoms with Gasteiger partial charge in [0.2, 0.25) is 0 Å². The summed E-state index contributed by atoms with van der Waals surface area (Å²) in [6.07, 6.45) is 5.23. The van der Waals surface area contributed by atoms with Crippen molar-refractivity contribution in [2.45, 2.75) is 25.3 Å². The number of Topliss-reactive ketones (excluding diaryl/α,β-unsaturated/α-hetero) is 1. The monoisotopic (exact) mass is 582 g/mol. The zero-order valence-corrected chi connectivity index (χ0v) is 23.1. The summed E-state index contributed by atoms with van der Waals surface area (Å²) in [6.45, 7) is -0.626. The third kappa shape index (κ3) is 6.29. The molecule has 10 heteroatoms. The first-order chi connectivity index (χ1) is 20.2. The SMILES string of the molecule is O=C(O)CCC(=O)c1cc(Cn2cc(C3c4ccccc4C=Cc4ccccc43)c(=S)[nH]c2=O)cc(OCC(=O)O)c1. The maximum Gasteiger partial charge on any atom is 0.341 e. The molecule has 4 aromatic rings. The van der Waals surface area contributed by atoms with Gasteiger partial charge < -0.3 is 14.9 Å². The van der Waals surface area contributed by atoms with E-state index in [1.54, 1.807) is 18.3 Å². The van der Waals surface area contributed by atoms with E-state index in [4.69, 9.17) is 27.2 Å². The fourth-order valence-corrected chi connectivity index (χ4v) is 5.34. The second-order valence-electron chi connectivity index (χ2n) is 9.86. The van der Waals surface area contributed by atoms with Gasteiger partial charge in [0.05, 0.1) is 13.0 Å². The largest absolute Gasteiger partial charge is 0.482 e. The number of carbonyl (C=O) groups excluding carboxylic acids is 1. The van der Waals surface area contributed by atoms with Crippen molar-refractivity contribution in [1.82, 2.24) is 9.55 Å². The number of carboxylic acids is 2. The summed E-state index contributed by atoms with van der Waals surface area (Å²) in [5, 5.41) is 18.0. The number of aromatic amines is 1. The standard InChI is InChI=1S/C32H26N2O7S/c35-27(11-12-28(36)37)22-13-19(14-23(15-22)41-18-29(38)39)16-34-17-26(31(42)33-32(34)40)30-24-7-3-1-5-20(24)9-10-21-6-2-4-8-25(21)30/h1-10,13-15,17,30H,11-12,16,18H2,(H,36,37)(H,38,39)(H,33,40,42). The lowest BCUT2D eigenvalue weighted by Crippen LogP contribution is -2.25. The van der Waals surface area contributed by atoms with Crippen LogP contribution in [0.1, 0.15) is 62.5 Å². The summed E-state index contributed by atoms with van der Waals surface area (Å²) in [5.74, 6) is -2.92. The maximum absolute atomic E-state index is 13.1. The van der Waals surface area contributed by atoms with Gasteiger partial charge in [-0.05, 0) is 46.0 Å². The smallest absolute Gasteiger partial charge is 0.341 e. The van der Waals surface area contributed by atoms with Crippen molar-refractivity contribution in [2.24, 2.45) is 0 Å². The molecule has 1 heterocycles. The number of ketones is 1. The number of benzene rings is 3. The van der Waals surface area contributed by atoms with Gasteiger partial charge in [0.15, 0.2) is 12.4 Å². The molecule has 212 valence electrons. The Hall–Kier alpha value is -5.09. The minimum atomic E-state index is -1.20. The van der Waals surface area contributed by atoms with Crippen LogP contribution in [0.25, 0.3) is 12.2 Å². The molecule has 5 rings (SSSR count). The molecular weight excluding hydrogens is 556 g/mol. The van der Waals surface area contributed by atoms with Crippen molar-refractivity contribution < 1.29 is 29.3 Å². The molecular formula is C32H26N2O7S. The molecule has 0 radical (unpaired) electrons. The Bertz CT molecular complexity index is 1800. The summed E-state index contributed by atoms with van der Waals surface area (Å²) < 4.78 is 7.08. The number of hydrogen-bond donors (Lipinski definition) is 3. The van der Waals surface area contributed by atoms with Crippen LogP contribution in [0, 0.1) is 4.64 Å². The summed E-state index contributed by atoms with van der Waals surface area (Å²) in [5.41, 5.74) is 4.99. The van der Waals surface area contributed by atoms with E-state index in [1.807, 2.05) is 48.5 Å². The molecule has 0 fully saturated rings. The van der Waals surface area contributed by atoms with Gasteiger partial charge in [-0.25, -0.2) is 9.59 Å². The molecule has 3 aromatic carbocycles. The second kappa shape index (κ2) is 12.2. The molecule has 0 bridgehead atoms. The molecule has 0 spiro atoms. The number of fused-ring (bicyclic) bond motifs is 2. The number of H-pyrrole nitrogens is 1. The topological polar surface area (TPSA) is 139 Å². The van der Waals surface area contributed by atoms with E-state index in [-0.39, 0.29) is 36.6 Å². The molecule has 0 unspecified atom stereocenters. The van der Waals surface area contributed by atoms with Gasteiger partial charge in [0, 0.05) is 29.7 Å². The summed E-state index contributed by atoms with van der Waals surface area (Å²) in [7, 11) is 0. The van der Waals surface area contributed by atoms with Crippen molar-refractivity contribution in [3.05, 3.63) is 127 Å². The quantitative estimate of drug-likeness (QED) is 0.152. The predicted octanol–water partition coefficient (Wildman–Crippen LogP) is 5.13. The van der Waals surface area contributed by atoms with Gasteiger partial charge in [-0.1, -0.05) is 72.9 Å². The highest BCUT2D eigenvalue weighted by Crippen LogP contribution is 2.39. The van der Waals surface area contributed by atoms with Crippen LogP contribution in [0.4, 0.5) is 0 Å². The minimum Gasteiger partial charge on any atom is -0.482 e. The van der Waals surface area contributed by atoms with E-state index in [9.17, 15) is 19.2 Å². The second-order valence-corrected chi connectivity index (χ2v) is 10.3. The van der Waals surface area contributed by atoms with Gasteiger partial charge in [0.25, 0.3) is 0 Å². The van der Waals surface area contributed by atoms with Crippen molar-refractivity contribution >= 4 is 42.1 Å². The van der Waals surface area contributed by atoms with Crippen molar-refractivity contribution in [1.29, 1.82) is 0 Å². The lowest BCUT2D eigenvalue weighted by atomic mass is 9.83. The predicted molar refractivity (Wildman–Crippen MR) is 159 cm³/mol. The number of nitrogens with one attached hydrogen (secondary N) is 1. The Balaban J connectivity index is 1.58. The van der Waals surface area contributed by atoms with E-state index in [0.29, 0.717) is 15.8 Å². The number of nitrogens with zero attached hydrogens (tertiary/aromatic N) is 1. The molecule has 9 nitrogen and oxygen atoms in total. The Morgan fingerprint density at radius 1 is 0.857 bits per heavy atom. The van der Waals surface area contributed by atoms with Gasteiger partial charge in [-0.15, -0.1) is 0 Å². The summed E-state index contributed by atoms with van der Waals surface area (Å²) in [4.78, 5) is 50.7. The van der Waals surface area contributed by atoms with E-state index in [0.717, 1.165) is 22.3 Å². The molecule has 1 aliphatic carbocycles. The number of aromatic nitrogens is 2. The van der Waals surface area contributed by atoms with Crippen LogP contribution < -0.4 is 10.4 Å². The zero-order valence-electron chi connectivity index (χ0n) is 22.3. The van der Waals surface area contributed by atoms with E-state index in [2.05, 4.69) is 17.1 Å². The number of hydrogen-bond acceptors (Lipinski definition) is 6. The summed E-state index contributed by atoms with van der Waals surface area (Å²) in [6, 6.07) is 20.4. The summed E-state index contributed by atoms with van der Waals surface area (Å²) >= 11 is 5.67. The van der Waals surface area contributed by atoms with Crippen LogP contribution in [0.5, 0.6) is 5.75 Å². The number of aliphatic carboxylic acids is 2. The van der Waals surface area contributed by atoms with E-state index < -0.39 is 30.0 Å². The molecule has 0 amide bonds. The minimum absolute atomic E-state index is 0.00962. The molecule has 0 aliphatic heterocycles. The fourth-order valence-electron chi connectivity index (χ4n) is 5.09. The first-order valence-corrected chi connectivity index (χ1v) is 13.5. The third-order valence-electron chi connectivity index (χ3n) is 6.98. The Labute approximate surface area is 245 Å². The maximum atomic E-state index is 13.1. The van der Waals surface area contributed by atoms with E-state index in [1.165, 1.54) is 10.6 Å². The van der Waals surface area contributed by atoms with Crippen LogP contribution in [0.3, 0.4) is 0 Å². The van der Waals surface area contributed by atoms with Crippen LogP contribution in [-0.4, -0.2) is 44.1 Å². The molecule has 0 saturated heterocycles. The van der Waals surface area contributed by atoms with Gasteiger partial charge in [-0.2, -0.15) is 0 Å². The van der Waals surface area contributed by atoms with E-state index >= 15 is 0 Å². The molecule has 0 saturated carbocycles. The third-order valence-corrected chi connectivity index (χ3v) is 7.31. The van der Waals surface area contributed by atoms with Crippen molar-refractivity contribution in [3.63, 3.8) is 0 Å². The average molecular weight is 583 g/mol. The highest BCUT2D eigenvalue weighted by atomic mass is 32.1. The van der Waals surface area contributed by atoms with Gasteiger partial charge >= 0.3 is 17.6 Å². The lowest BCUT2D eigenvalue weighted by molar-refractivity contribution is -0.139. The van der Waals surface area contributed by atoms with Crippen LogP contribution in [0.2, 0.25) is 0 Å². The van der Waals surface area contributed by atoms with Crippen LogP contribution >= 0.6 is 12.2 Å². The van der Waals surface area contributed by atoms with Crippen molar-refractivity contribution in [2.75, 3.05) is 6.61 Å². The first-order valence-electron chi connectivity index (χ1n) is 13.1. The molecule has 3 N–H and O–H groups in total. The number of carboxylic acid groups (broad SMARTS) is 2. The highest BCUT2D eigenvalue weighted by Gasteiger charge is 2.25. The normalized spacial score (nSPS) is 12.2. The van der Waals surface area contributed by atoms with Crippen molar-refractivity contribution in [3.8, 4) is 5.75 Å². The van der Waals surface area contributed by atoms with Gasteiger partial charge in [0.1, 0.15) is 10.4 Å². The molecule has 1 aliphatic rings. The van der Waals surface area contributed by atoms with Gasteiger partial charge in [-0.3, -0.25) is 19.1 Å². The highest BCUT2D eigenvalue weighted by molar-refractivity contribution is 7.71.